The fourth-order valence-corrected chi connectivity index (χ4v) is 15.7. The summed E-state index contributed by atoms with van der Waals surface area (Å²) in [6, 6.07) is 115. The Morgan fingerprint density at radius 2 is 0.500 bits per heavy atom. The average molecular weight is 1380 g/mol. The van der Waals surface area contributed by atoms with E-state index < -0.39 is 0 Å². The lowest BCUT2D eigenvalue weighted by Gasteiger charge is -2.12. The van der Waals surface area contributed by atoms with Gasteiger partial charge >= 0.3 is 0 Å². The predicted molar refractivity (Wildman–Crippen MR) is 436 cm³/mol. The zero-order valence-corrected chi connectivity index (χ0v) is 57.7. The maximum Gasteiger partial charge on any atom is 0.238 e. The molecule has 10 aromatic heterocycles. The van der Waals surface area contributed by atoms with Crippen molar-refractivity contribution in [1.29, 1.82) is 0 Å². The largest absolute Gasteiger partial charge is 0.309 e. The minimum Gasteiger partial charge on any atom is -0.309 e. The van der Waals surface area contributed by atoms with Crippen LogP contribution in [0, 0.1) is 0 Å². The number of hydrogen-bond acceptors (Lipinski definition) is 10. The molecule has 0 aliphatic carbocycles. The summed E-state index contributed by atoms with van der Waals surface area (Å²) < 4.78 is 9.02. The highest BCUT2D eigenvalue weighted by Gasteiger charge is 2.24. The second-order valence-electron chi connectivity index (χ2n) is 26.8. The first kappa shape index (κ1) is 61.6. The highest BCUT2D eigenvalue weighted by atomic mass is 15.2. The summed E-state index contributed by atoms with van der Waals surface area (Å²) >= 11 is 0. The first-order valence-electron chi connectivity index (χ1n) is 35.8. The molecule has 22 rings (SSSR count). The maximum atomic E-state index is 5.01. The summed E-state index contributed by atoms with van der Waals surface area (Å²) in [5, 5.41) is 14.2. The van der Waals surface area contributed by atoms with Gasteiger partial charge in [-0.3, -0.25) is 29.1 Å². The van der Waals surface area contributed by atoms with Gasteiger partial charge in [0.25, 0.3) is 0 Å². The van der Waals surface area contributed by atoms with Crippen LogP contribution >= 0.6 is 0 Å². The highest BCUT2D eigenvalue weighted by molar-refractivity contribution is 6.15. The fourth-order valence-electron chi connectivity index (χ4n) is 15.7. The summed E-state index contributed by atoms with van der Waals surface area (Å²) in [5.74, 6) is 2.96. The fraction of sp³-hybridized carbons (Fsp3) is 0. The van der Waals surface area contributed by atoms with E-state index >= 15 is 0 Å². The molecule has 0 radical (unpaired) electrons. The molecule has 0 unspecified atom stereocenters. The van der Waals surface area contributed by atoms with Crippen LogP contribution < -0.4 is 0 Å². The number of nitrogens with zero attached hydrogens (tertiary/aromatic N) is 14. The van der Waals surface area contributed by atoms with Gasteiger partial charge in [0.15, 0.2) is 23.3 Å². The molecule has 14 heteroatoms. The summed E-state index contributed by atoms with van der Waals surface area (Å²) in [4.78, 5) is 47.9. The molecule has 0 fully saturated rings. The van der Waals surface area contributed by atoms with Crippen LogP contribution in [0.2, 0.25) is 0 Å². The first-order chi connectivity index (χ1) is 53.5. The molecular weight excluding hydrogens is 1330 g/mol. The number of hydrogen-bond donors (Lipinski definition) is 0. The topological polar surface area (TPSA) is 149 Å². The van der Waals surface area contributed by atoms with Gasteiger partial charge in [-0.2, -0.15) is 19.9 Å². The molecule has 0 aliphatic heterocycles. The third-order valence-electron chi connectivity index (χ3n) is 20.6. The van der Waals surface area contributed by atoms with Crippen LogP contribution in [0.3, 0.4) is 0 Å². The van der Waals surface area contributed by atoms with E-state index in [1.165, 1.54) is 70.8 Å². The third kappa shape index (κ3) is 10.4. The number of fused-ring (bicyclic) bond motifs is 14. The van der Waals surface area contributed by atoms with Crippen LogP contribution in [-0.4, -0.2) is 68.1 Å². The monoisotopic (exact) mass is 1380 g/mol. The Morgan fingerprint density at radius 1 is 0.185 bits per heavy atom. The van der Waals surface area contributed by atoms with E-state index in [2.05, 4.69) is 293 Å². The highest BCUT2D eigenvalue weighted by Crippen LogP contribution is 2.42. The van der Waals surface area contributed by atoms with Crippen molar-refractivity contribution in [3.8, 4) is 91.6 Å². The Morgan fingerprint density at radius 3 is 0.907 bits per heavy atom. The lowest BCUT2D eigenvalue weighted by molar-refractivity contribution is 0.943. The summed E-state index contributed by atoms with van der Waals surface area (Å²) in [7, 11) is 0. The summed E-state index contributed by atoms with van der Waals surface area (Å²) in [6.45, 7) is 0. The molecule has 0 N–H and O–H groups in total. The van der Waals surface area contributed by atoms with Crippen molar-refractivity contribution in [3.63, 3.8) is 0 Å². The van der Waals surface area contributed by atoms with Gasteiger partial charge in [-0.15, -0.1) is 0 Å². The molecular formula is C94H58N14. The number of rotatable bonds is 10. The lowest BCUT2D eigenvalue weighted by Crippen LogP contribution is -2.07. The molecule has 0 aliphatic rings. The number of para-hydroxylation sites is 4. The van der Waals surface area contributed by atoms with Crippen LogP contribution in [0.15, 0.2) is 352 Å². The Balaban J connectivity index is 0.000000138. The third-order valence-corrected chi connectivity index (χ3v) is 20.6. The van der Waals surface area contributed by atoms with Crippen molar-refractivity contribution >= 4 is 109 Å². The molecule has 10 heterocycles. The van der Waals surface area contributed by atoms with Gasteiger partial charge in [0.05, 0.1) is 49.8 Å². The van der Waals surface area contributed by atoms with Gasteiger partial charge in [-0.1, -0.05) is 188 Å². The Kier molecular flexibility index (Phi) is 14.5. The quantitative estimate of drug-likeness (QED) is 0.130. The lowest BCUT2D eigenvalue weighted by atomic mass is 10.0. The second-order valence-corrected chi connectivity index (χ2v) is 26.8. The van der Waals surface area contributed by atoms with Crippen LogP contribution in [0.25, 0.3) is 200 Å². The van der Waals surface area contributed by atoms with Crippen molar-refractivity contribution in [2.45, 2.75) is 0 Å². The van der Waals surface area contributed by atoms with Crippen LogP contribution in [-0.2, 0) is 0 Å². The Labute approximate surface area is 617 Å². The van der Waals surface area contributed by atoms with E-state index in [4.69, 9.17) is 29.9 Å². The summed E-state index contributed by atoms with van der Waals surface area (Å²) in [5.41, 5.74) is 18.3. The van der Waals surface area contributed by atoms with Crippen molar-refractivity contribution in [2.75, 3.05) is 0 Å². The SMILES string of the molecule is c1ccc(-c2nc(-c3ccccn3)nc(-n3c4ccccc4c4cc(-c5ccc6c(c5)c5ccccc5n6-c5ccc6ccccc6c5)ccc43)n2)nc1.c1ccc(-c2nc(-c3ccccn3)nc(-n3c4ccccc4c4cc(-c5ccc6c(c5)c5ccccc5n6-c5cccc6ccccc56)ccc43)n2)nc1. The van der Waals surface area contributed by atoms with Gasteiger partial charge < -0.3 is 9.13 Å². The zero-order valence-electron chi connectivity index (χ0n) is 57.7. The molecule has 12 aromatic carbocycles. The van der Waals surface area contributed by atoms with Crippen LogP contribution in [0.5, 0.6) is 0 Å². The smallest absolute Gasteiger partial charge is 0.238 e. The molecule has 108 heavy (non-hydrogen) atoms. The van der Waals surface area contributed by atoms with Gasteiger partial charge in [0.2, 0.25) is 11.9 Å². The van der Waals surface area contributed by atoms with E-state index in [0.29, 0.717) is 58.0 Å². The maximum absolute atomic E-state index is 5.01. The minimum absolute atomic E-state index is 0.486. The van der Waals surface area contributed by atoms with Gasteiger partial charge in [0.1, 0.15) is 22.8 Å². The van der Waals surface area contributed by atoms with Crippen molar-refractivity contribution in [1.82, 2.24) is 68.1 Å². The van der Waals surface area contributed by atoms with Gasteiger partial charge in [0, 0.05) is 79.0 Å². The first-order valence-corrected chi connectivity index (χ1v) is 35.8. The van der Waals surface area contributed by atoms with E-state index in [1.54, 1.807) is 24.8 Å². The molecule has 0 bridgehead atoms. The van der Waals surface area contributed by atoms with E-state index in [1.807, 2.05) is 72.8 Å². The zero-order chi connectivity index (χ0) is 71.2. The normalized spacial score (nSPS) is 11.7. The molecule has 504 valence electrons. The molecule has 0 spiro atoms. The van der Waals surface area contributed by atoms with E-state index in [-0.39, 0.29) is 0 Å². The standard InChI is InChI=1S/2C47H29N7/c1-2-14-33-30(12-1)13-11-21-40(33)53-41-19-5-3-15-34(41)36-28-31(22-24-43(36)53)32-23-25-44-37(29-32)35-16-4-6-20-42(35)54(44)47-51-45(38-17-7-9-26-48-38)50-46(52-47)39-18-8-10-27-49-39;1-2-12-31-27-34(22-19-30(31)11-1)53-41-17-5-3-13-35(41)37-28-32(20-23-43(37)53)33-21-24-44-38(29-33)36-14-4-6-18-42(36)54(44)47-51-45(39-15-7-9-25-48-39)50-46(52-47)40-16-8-10-26-49-40/h2*1-29H. The Bertz CT molecular complexity index is 7190. The Hall–Kier alpha value is -15.0. The molecule has 0 saturated carbocycles. The predicted octanol–water partition coefficient (Wildman–Crippen LogP) is 22.0. The molecule has 0 atom stereocenters. The number of aromatic nitrogens is 14. The molecule has 0 amide bonds. The second kappa shape index (κ2) is 25.4. The number of pyridine rings is 4. The number of benzene rings is 12. The molecule has 0 saturated heterocycles. The minimum atomic E-state index is 0.486. The summed E-state index contributed by atoms with van der Waals surface area (Å²) in [6.07, 6.45) is 7.00. The van der Waals surface area contributed by atoms with Crippen LogP contribution in [0.1, 0.15) is 0 Å². The van der Waals surface area contributed by atoms with Crippen molar-refractivity contribution in [2.24, 2.45) is 0 Å². The van der Waals surface area contributed by atoms with Crippen molar-refractivity contribution < 1.29 is 0 Å². The molecule has 14 nitrogen and oxygen atoms in total. The average Bonchev–Trinajstić information content (AvgIpc) is 1.59. The van der Waals surface area contributed by atoms with Crippen LogP contribution in [0.4, 0.5) is 0 Å². The van der Waals surface area contributed by atoms with E-state index in [0.717, 1.165) is 71.6 Å². The van der Waals surface area contributed by atoms with Gasteiger partial charge in [-0.25, -0.2) is 9.97 Å². The van der Waals surface area contributed by atoms with Gasteiger partial charge in [-0.05, 0) is 178 Å². The molecule has 22 aromatic rings. The van der Waals surface area contributed by atoms with E-state index in [9.17, 15) is 0 Å². The van der Waals surface area contributed by atoms with Crippen molar-refractivity contribution in [3.05, 3.63) is 352 Å².